The molecule has 1 fully saturated rings. The minimum atomic E-state index is -0.972. The van der Waals surface area contributed by atoms with Gasteiger partial charge in [-0.3, -0.25) is 4.79 Å². The average Bonchev–Trinajstić information content (AvgIpc) is 2.47. The summed E-state index contributed by atoms with van der Waals surface area (Å²) in [6.07, 6.45) is 5.39. The van der Waals surface area contributed by atoms with E-state index >= 15 is 0 Å². The van der Waals surface area contributed by atoms with Crippen LogP contribution in [0.4, 0.5) is 0 Å². The second-order valence-corrected chi connectivity index (χ2v) is 5.93. The number of hydrogen-bond acceptors (Lipinski definition) is 2. The van der Waals surface area contributed by atoms with E-state index < -0.39 is 12.0 Å². The number of carboxylic acids is 1. The molecule has 1 aromatic rings. The van der Waals surface area contributed by atoms with Crippen molar-refractivity contribution in [3.8, 4) is 0 Å². The summed E-state index contributed by atoms with van der Waals surface area (Å²) in [5, 5.41) is 12.1. The number of carbonyl (C=O) groups excluding carboxylic acids is 1. The van der Waals surface area contributed by atoms with Crippen LogP contribution in [0, 0.1) is 12.8 Å². The highest BCUT2D eigenvalue weighted by Crippen LogP contribution is 2.23. The highest BCUT2D eigenvalue weighted by atomic mass is 16.4. The van der Waals surface area contributed by atoms with Crippen molar-refractivity contribution in [3.05, 3.63) is 35.4 Å². The Bertz CT molecular complexity index is 507. The van der Waals surface area contributed by atoms with Crippen molar-refractivity contribution >= 4 is 11.9 Å². The Balaban J connectivity index is 1.98. The Hall–Kier alpha value is -1.84. The standard InChI is InChI=1S/C17H23NO3/c1-12-6-5-7-13(10-12)11-15(17(20)21)18-16(19)14-8-3-2-4-9-14/h5-7,10,14-15H,2-4,8-9,11H2,1H3,(H,18,19)(H,20,21). The highest BCUT2D eigenvalue weighted by Gasteiger charge is 2.26. The number of amides is 1. The zero-order valence-electron chi connectivity index (χ0n) is 12.5. The second-order valence-electron chi connectivity index (χ2n) is 5.93. The van der Waals surface area contributed by atoms with E-state index in [2.05, 4.69) is 5.32 Å². The van der Waals surface area contributed by atoms with Gasteiger partial charge in [0.2, 0.25) is 5.91 Å². The summed E-state index contributed by atoms with van der Waals surface area (Å²) < 4.78 is 0. The lowest BCUT2D eigenvalue weighted by atomic mass is 9.88. The van der Waals surface area contributed by atoms with Crippen molar-refractivity contribution in [1.29, 1.82) is 0 Å². The number of aliphatic carboxylic acids is 1. The van der Waals surface area contributed by atoms with Crippen LogP contribution >= 0.6 is 0 Å². The van der Waals surface area contributed by atoms with Crippen molar-refractivity contribution in [2.75, 3.05) is 0 Å². The highest BCUT2D eigenvalue weighted by molar-refractivity contribution is 5.85. The molecule has 1 aliphatic carbocycles. The SMILES string of the molecule is Cc1cccc(CC(NC(=O)C2CCCCC2)C(=O)O)c1. The van der Waals surface area contributed by atoms with Gasteiger partial charge in [0, 0.05) is 12.3 Å². The maximum absolute atomic E-state index is 12.2. The van der Waals surface area contributed by atoms with Gasteiger partial charge in [0.25, 0.3) is 0 Å². The maximum atomic E-state index is 12.2. The van der Waals surface area contributed by atoms with Gasteiger partial charge in [0.15, 0.2) is 0 Å². The minimum absolute atomic E-state index is 0.0156. The Morgan fingerprint density at radius 2 is 2.00 bits per heavy atom. The lowest BCUT2D eigenvalue weighted by molar-refractivity contribution is -0.142. The summed E-state index contributed by atoms with van der Waals surface area (Å²) in [6.45, 7) is 1.97. The molecule has 0 aliphatic heterocycles. The van der Waals surface area contributed by atoms with E-state index in [9.17, 15) is 14.7 Å². The summed E-state index contributed by atoms with van der Waals surface area (Å²) in [5.41, 5.74) is 2.03. The van der Waals surface area contributed by atoms with Gasteiger partial charge in [-0.15, -0.1) is 0 Å². The van der Waals surface area contributed by atoms with Crippen molar-refractivity contribution < 1.29 is 14.7 Å². The molecule has 1 aromatic carbocycles. The summed E-state index contributed by atoms with van der Waals surface area (Å²) >= 11 is 0. The van der Waals surface area contributed by atoms with Crippen molar-refractivity contribution in [2.45, 2.75) is 51.5 Å². The summed E-state index contributed by atoms with van der Waals surface area (Å²) in [4.78, 5) is 23.6. The summed E-state index contributed by atoms with van der Waals surface area (Å²) in [6, 6.07) is 6.89. The molecule has 0 bridgehead atoms. The molecule has 0 spiro atoms. The molecule has 1 unspecified atom stereocenters. The molecule has 1 atom stereocenters. The molecule has 21 heavy (non-hydrogen) atoms. The number of nitrogens with one attached hydrogen (secondary N) is 1. The van der Waals surface area contributed by atoms with E-state index in [1.165, 1.54) is 6.42 Å². The largest absolute Gasteiger partial charge is 0.480 e. The second kappa shape index (κ2) is 7.25. The predicted octanol–water partition coefficient (Wildman–Crippen LogP) is 2.69. The molecule has 1 saturated carbocycles. The van der Waals surface area contributed by atoms with Crippen LogP contribution in [0.3, 0.4) is 0 Å². The fourth-order valence-corrected chi connectivity index (χ4v) is 2.93. The van der Waals surface area contributed by atoms with Crippen LogP contribution in [-0.2, 0) is 16.0 Å². The minimum Gasteiger partial charge on any atom is -0.480 e. The van der Waals surface area contributed by atoms with E-state index in [0.717, 1.165) is 36.8 Å². The Labute approximate surface area is 125 Å². The number of carboxylic acid groups (broad SMARTS) is 1. The van der Waals surface area contributed by atoms with Gasteiger partial charge in [0.05, 0.1) is 0 Å². The molecular weight excluding hydrogens is 266 g/mol. The Morgan fingerprint density at radius 3 is 2.62 bits per heavy atom. The fraction of sp³-hybridized carbons (Fsp3) is 0.529. The van der Waals surface area contributed by atoms with Gasteiger partial charge in [0.1, 0.15) is 6.04 Å². The van der Waals surface area contributed by atoms with E-state index in [1.54, 1.807) is 0 Å². The molecule has 0 heterocycles. The topological polar surface area (TPSA) is 66.4 Å². The van der Waals surface area contributed by atoms with Gasteiger partial charge < -0.3 is 10.4 Å². The summed E-state index contributed by atoms with van der Waals surface area (Å²) in [7, 11) is 0. The van der Waals surface area contributed by atoms with Crippen LogP contribution in [0.1, 0.15) is 43.2 Å². The first-order chi connectivity index (χ1) is 10.1. The smallest absolute Gasteiger partial charge is 0.326 e. The van der Waals surface area contributed by atoms with Gasteiger partial charge >= 0.3 is 5.97 Å². The van der Waals surface area contributed by atoms with Gasteiger partial charge in [-0.1, -0.05) is 49.1 Å². The van der Waals surface area contributed by atoms with E-state index in [4.69, 9.17) is 0 Å². The predicted molar refractivity (Wildman–Crippen MR) is 81.0 cm³/mol. The first-order valence-electron chi connectivity index (χ1n) is 7.65. The molecular formula is C17H23NO3. The molecule has 1 amide bonds. The number of carbonyl (C=O) groups is 2. The first-order valence-corrected chi connectivity index (χ1v) is 7.65. The Morgan fingerprint density at radius 1 is 1.29 bits per heavy atom. The lowest BCUT2D eigenvalue weighted by Crippen LogP contribution is -2.45. The summed E-state index contributed by atoms with van der Waals surface area (Å²) in [5.74, 6) is -1.09. The van der Waals surface area contributed by atoms with Crippen LogP contribution in [-0.4, -0.2) is 23.0 Å². The number of aryl methyl sites for hydroxylation is 1. The van der Waals surface area contributed by atoms with Crippen molar-refractivity contribution in [1.82, 2.24) is 5.32 Å². The van der Waals surface area contributed by atoms with Crippen molar-refractivity contribution in [3.63, 3.8) is 0 Å². The first kappa shape index (κ1) is 15.5. The third-order valence-corrected chi connectivity index (χ3v) is 4.11. The molecule has 0 radical (unpaired) electrons. The van der Waals surface area contributed by atoms with Gasteiger partial charge in [-0.25, -0.2) is 4.79 Å². The normalized spacial score (nSPS) is 17.2. The van der Waals surface area contributed by atoms with Crippen LogP contribution in [0.15, 0.2) is 24.3 Å². The quantitative estimate of drug-likeness (QED) is 0.876. The zero-order chi connectivity index (χ0) is 15.2. The van der Waals surface area contributed by atoms with Crippen molar-refractivity contribution in [2.24, 2.45) is 5.92 Å². The molecule has 2 N–H and O–H groups in total. The molecule has 4 heteroatoms. The van der Waals surface area contributed by atoms with Crippen LogP contribution in [0.25, 0.3) is 0 Å². The monoisotopic (exact) mass is 289 g/mol. The van der Waals surface area contributed by atoms with Crippen LogP contribution in [0.2, 0.25) is 0 Å². The third-order valence-electron chi connectivity index (χ3n) is 4.11. The number of benzene rings is 1. The zero-order valence-corrected chi connectivity index (χ0v) is 12.5. The lowest BCUT2D eigenvalue weighted by Gasteiger charge is -2.23. The molecule has 0 aromatic heterocycles. The molecule has 2 rings (SSSR count). The number of rotatable bonds is 5. The van der Waals surface area contributed by atoms with E-state index in [1.807, 2.05) is 31.2 Å². The maximum Gasteiger partial charge on any atom is 0.326 e. The fourth-order valence-electron chi connectivity index (χ4n) is 2.93. The molecule has 114 valence electrons. The average molecular weight is 289 g/mol. The Kier molecular flexibility index (Phi) is 5.37. The van der Waals surface area contributed by atoms with Gasteiger partial charge in [-0.2, -0.15) is 0 Å². The number of hydrogen-bond donors (Lipinski definition) is 2. The van der Waals surface area contributed by atoms with Crippen LogP contribution < -0.4 is 5.32 Å². The van der Waals surface area contributed by atoms with E-state index in [0.29, 0.717) is 6.42 Å². The van der Waals surface area contributed by atoms with E-state index in [-0.39, 0.29) is 11.8 Å². The molecule has 1 aliphatic rings. The molecule has 4 nitrogen and oxygen atoms in total. The molecule has 0 saturated heterocycles. The third kappa shape index (κ3) is 4.59. The van der Waals surface area contributed by atoms with Gasteiger partial charge in [-0.05, 0) is 25.3 Å². The van der Waals surface area contributed by atoms with Crippen LogP contribution in [0.5, 0.6) is 0 Å².